The van der Waals surface area contributed by atoms with E-state index in [-0.39, 0.29) is 12.1 Å². The smallest absolute Gasteiger partial charge is 0.0746 e. The minimum Gasteiger partial charge on any atom is -0.377 e. The number of rotatable bonds is 4. The first-order chi connectivity index (χ1) is 9.29. The lowest BCUT2D eigenvalue weighted by Crippen LogP contribution is -2.45. The predicted octanol–water partition coefficient (Wildman–Crippen LogP) is 1.13. The van der Waals surface area contributed by atoms with Crippen LogP contribution in [0, 0.1) is 0 Å². The first-order valence-corrected chi connectivity index (χ1v) is 6.78. The van der Waals surface area contributed by atoms with E-state index in [2.05, 4.69) is 22.7 Å². The predicted molar refractivity (Wildman–Crippen MR) is 74.5 cm³/mol. The summed E-state index contributed by atoms with van der Waals surface area (Å²) >= 11 is 0. The number of fused-ring (bicyclic) bond motifs is 1. The minimum atomic E-state index is 0.126. The van der Waals surface area contributed by atoms with Gasteiger partial charge in [-0.2, -0.15) is 5.10 Å². The molecule has 1 saturated heterocycles. The second kappa shape index (κ2) is 5.28. The Morgan fingerprint density at radius 1 is 1.53 bits per heavy atom. The van der Waals surface area contributed by atoms with E-state index >= 15 is 0 Å². The maximum atomic E-state index is 5.72. The molecule has 19 heavy (non-hydrogen) atoms. The number of aryl methyl sites for hydroxylation is 1. The molecule has 0 aliphatic carbocycles. The van der Waals surface area contributed by atoms with Crippen molar-refractivity contribution >= 4 is 10.9 Å². The molecule has 1 aliphatic heterocycles. The zero-order valence-corrected chi connectivity index (χ0v) is 11.2. The zero-order valence-electron chi connectivity index (χ0n) is 11.2. The monoisotopic (exact) mass is 260 g/mol. The Morgan fingerprint density at radius 2 is 2.37 bits per heavy atom. The molecule has 3 N–H and O–H groups in total. The van der Waals surface area contributed by atoms with Gasteiger partial charge in [0, 0.05) is 25.5 Å². The van der Waals surface area contributed by atoms with Gasteiger partial charge in [0.25, 0.3) is 0 Å². The SMILES string of the molecule is Cn1nc(CC(NN)C2CCCO2)c2ccccc21. The van der Waals surface area contributed by atoms with Crippen LogP contribution in [0.25, 0.3) is 10.9 Å². The number of hydrazine groups is 1. The van der Waals surface area contributed by atoms with E-state index in [1.54, 1.807) is 0 Å². The summed E-state index contributed by atoms with van der Waals surface area (Å²) in [4.78, 5) is 0. The molecule has 0 bridgehead atoms. The van der Waals surface area contributed by atoms with Crippen LogP contribution in [0.15, 0.2) is 24.3 Å². The van der Waals surface area contributed by atoms with Gasteiger partial charge in [0.15, 0.2) is 0 Å². The molecule has 0 amide bonds. The van der Waals surface area contributed by atoms with E-state index < -0.39 is 0 Å². The summed E-state index contributed by atoms with van der Waals surface area (Å²) in [6.45, 7) is 0.839. The van der Waals surface area contributed by atoms with Crippen LogP contribution in [-0.4, -0.2) is 28.5 Å². The summed E-state index contributed by atoms with van der Waals surface area (Å²) < 4.78 is 7.64. The van der Waals surface area contributed by atoms with Gasteiger partial charge in [0.05, 0.1) is 23.4 Å². The first kappa shape index (κ1) is 12.6. The van der Waals surface area contributed by atoms with Gasteiger partial charge in [-0.1, -0.05) is 18.2 Å². The third kappa shape index (κ3) is 2.36. The van der Waals surface area contributed by atoms with E-state index in [4.69, 9.17) is 10.6 Å². The fourth-order valence-electron chi connectivity index (χ4n) is 2.87. The normalized spacial score (nSPS) is 21.1. The Bertz CT molecular complexity index is 560. The van der Waals surface area contributed by atoms with E-state index in [0.29, 0.717) is 0 Å². The van der Waals surface area contributed by atoms with Crippen LogP contribution in [0.1, 0.15) is 18.5 Å². The molecule has 1 fully saturated rings. The molecule has 1 aromatic carbocycles. The average molecular weight is 260 g/mol. The molecule has 2 unspecified atom stereocenters. The summed E-state index contributed by atoms with van der Waals surface area (Å²) in [5.74, 6) is 5.69. The number of nitrogens with one attached hydrogen (secondary N) is 1. The van der Waals surface area contributed by atoms with E-state index in [1.165, 1.54) is 5.39 Å². The van der Waals surface area contributed by atoms with E-state index in [1.807, 2.05) is 23.9 Å². The lowest BCUT2D eigenvalue weighted by Gasteiger charge is -2.21. The Balaban J connectivity index is 1.87. The van der Waals surface area contributed by atoms with E-state index in [0.717, 1.165) is 37.1 Å². The molecule has 1 aromatic heterocycles. The Morgan fingerprint density at radius 3 is 3.11 bits per heavy atom. The molecular formula is C14H20N4O. The summed E-state index contributed by atoms with van der Waals surface area (Å²) in [5.41, 5.74) is 5.13. The van der Waals surface area contributed by atoms with Crippen molar-refractivity contribution in [3.8, 4) is 0 Å². The zero-order chi connectivity index (χ0) is 13.2. The van der Waals surface area contributed by atoms with Gasteiger partial charge in [-0.25, -0.2) is 0 Å². The highest BCUT2D eigenvalue weighted by Crippen LogP contribution is 2.22. The lowest BCUT2D eigenvalue weighted by molar-refractivity contribution is 0.0782. The van der Waals surface area contributed by atoms with Crippen LogP contribution in [-0.2, 0) is 18.2 Å². The van der Waals surface area contributed by atoms with Crippen molar-refractivity contribution in [3.63, 3.8) is 0 Å². The Kier molecular flexibility index (Phi) is 3.50. The van der Waals surface area contributed by atoms with Crippen molar-refractivity contribution in [2.45, 2.75) is 31.4 Å². The first-order valence-electron chi connectivity index (χ1n) is 6.78. The van der Waals surface area contributed by atoms with Gasteiger partial charge in [-0.05, 0) is 18.9 Å². The van der Waals surface area contributed by atoms with Crippen molar-refractivity contribution in [3.05, 3.63) is 30.0 Å². The van der Waals surface area contributed by atoms with Crippen molar-refractivity contribution in [1.82, 2.24) is 15.2 Å². The number of benzene rings is 1. The van der Waals surface area contributed by atoms with Crippen molar-refractivity contribution in [2.24, 2.45) is 12.9 Å². The largest absolute Gasteiger partial charge is 0.377 e. The third-order valence-electron chi connectivity index (χ3n) is 3.88. The molecule has 2 atom stereocenters. The number of ether oxygens (including phenoxy) is 1. The molecule has 0 saturated carbocycles. The van der Waals surface area contributed by atoms with Crippen LogP contribution in [0.4, 0.5) is 0 Å². The van der Waals surface area contributed by atoms with Gasteiger partial charge in [0.1, 0.15) is 0 Å². The van der Waals surface area contributed by atoms with Gasteiger partial charge < -0.3 is 4.74 Å². The molecule has 2 aromatic rings. The summed E-state index contributed by atoms with van der Waals surface area (Å²) in [6.07, 6.45) is 3.18. The van der Waals surface area contributed by atoms with E-state index in [9.17, 15) is 0 Å². The fourth-order valence-corrected chi connectivity index (χ4v) is 2.87. The van der Waals surface area contributed by atoms with Crippen molar-refractivity contribution in [2.75, 3.05) is 6.61 Å². The fraction of sp³-hybridized carbons (Fsp3) is 0.500. The van der Waals surface area contributed by atoms with Crippen LogP contribution < -0.4 is 11.3 Å². The number of para-hydroxylation sites is 1. The van der Waals surface area contributed by atoms with Gasteiger partial charge in [-0.3, -0.25) is 16.0 Å². The molecule has 102 valence electrons. The molecule has 1 aliphatic rings. The molecule has 5 nitrogen and oxygen atoms in total. The topological polar surface area (TPSA) is 65.1 Å². The summed E-state index contributed by atoms with van der Waals surface area (Å²) in [5, 5.41) is 5.81. The second-order valence-corrected chi connectivity index (χ2v) is 5.12. The van der Waals surface area contributed by atoms with Crippen LogP contribution in [0.5, 0.6) is 0 Å². The highest BCUT2D eigenvalue weighted by atomic mass is 16.5. The lowest BCUT2D eigenvalue weighted by atomic mass is 10.0. The third-order valence-corrected chi connectivity index (χ3v) is 3.88. The number of hydrogen-bond donors (Lipinski definition) is 2. The number of nitrogens with two attached hydrogens (primary N) is 1. The van der Waals surface area contributed by atoms with Crippen molar-refractivity contribution < 1.29 is 4.74 Å². The molecule has 0 spiro atoms. The number of nitrogens with zero attached hydrogens (tertiary/aromatic N) is 2. The van der Waals surface area contributed by atoms with Crippen LogP contribution >= 0.6 is 0 Å². The minimum absolute atomic E-state index is 0.126. The number of aromatic nitrogens is 2. The molecule has 3 rings (SSSR count). The molecule has 0 radical (unpaired) electrons. The Hall–Kier alpha value is -1.43. The molecule has 5 heteroatoms. The Labute approximate surface area is 112 Å². The maximum absolute atomic E-state index is 5.72. The average Bonchev–Trinajstić information content (AvgIpc) is 3.06. The quantitative estimate of drug-likeness (QED) is 0.639. The highest BCUT2D eigenvalue weighted by molar-refractivity contribution is 5.81. The van der Waals surface area contributed by atoms with Crippen molar-refractivity contribution in [1.29, 1.82) is 0 Å². The molecular weight excluding hydrogens is 240 g/mol. The standard InChI is InChI=1S/C14H20N4O/c1-18-13-6-3-2-5-10(13)11(17-18)9-12(16-15)14-7-4-8-19-14/h2-3,5-6,12,14,16H,4,7-9,15H2,1H3. The summed E-state index contributed by atoms with van der Waals surface area (Å²) in [6, 6.07) is 8.40. The van der Waals surface area contributed by atoms with Crippen LogP contribution in [0.3, 0.4) is 0 Å². The highest BCUT2D eigenvalue weighted by Gasteiger charge is 2.26. The summed E-state index contributed by atoms with van der Waals surface area (Å²) in [7, 11) is 1.97. The molecule has 2 heterocycles. The van der Waals surface area contributed by atoms with Crippen LogP contribution in [0.2, 0.25) is 0 Å². The van der Waals surface area contributed by atoms with Gasteiger partial charge >= 0.3 is 0 Å². The number of hydrogen-bond acceptors (Lipinski definition) is 4. The van der Waals surface area contributed by atoms with Gasteiger partial charge in [0.2, 0.25) is 0 Å². The second-order valence-electron chi connectivity index (χ2n) is 5.12. The maximum Gasteiger partial charge on any atom is 0.0746 e. The van der Waals surface area contributed by atoms with Gasteiger partial charge in [-0.15, -0.1) is 0 Å².